The second kappa shape index (κ2) is 7.77. The van der Waals surface area contributed by atoms with Gasteiger partial charge in [0.25, 0.3) is 0 Å². The zero-order valence-corrected chi connectivity index (χ0v) is 16.6. The smallest absolute Gasteiger partial charge is 0.240 e. The van der Waals surface area contributed by atoms with Gasteiger partial charge < -0.3 is 4.74 Å². The molecule has 0 unspecified atom stereocenters. The van der Waals surface area contributed by atoms with Gasteiger partial charge in [0, 0.05) is 11.4 Å². The summed E-state index contributed by atoms with van der Waals surface area (Å²) in [5.41, 5.74) is 3.28. The van der Waals surface area contributed by atoms with Crippen LogP contribution in [0, 0.1) is 0 Å². The maximum Gasteiger partial charge on any atom is 0.240 e. The van der Waals surface area contributed by atoms with Crippen molar-refractivity contribution in [2.45, 2.75) is 37.1 Å². The fourth-order valence-corrected chi connectivity index (χ4v) is 4.57. The number of nitrogens with one attached hydrogen (secondary N) is 1. The molecule has 1 N–H and O–H groups in total. The molecular weight excluding hydrogens is 374 g/mol. The summed E-state index contributed by atoms with van der Waals surface area (Å²) in [5, 5.41) is 0. The Morgan fingerprint density at radius 1 is 1.04 bits per heavy atom. The number of rotatable bonds is 6. The van der Waals surface area contributed by atoms with E-state index in [1.807, 2.05) is 30.3 Å². The molecule has 0 saturated heterocycles. The van der Waals surface area contributed by atoms with Crippen LogP contribution >= 0.6 is 0 Å². The molecule has 1 aliphatic carbocycles. The van der Waals surface area contributed by atoms with Gasteiger partial charge in [-0.3, -0.25) is 4.57 Å². The average Bonchev–Trinajstić information content (AvgIpc) is 3.11. The van der Waals surface area contributed by atoms with E-state index in [1.54, 1.807) is 19.2 Å². The number of aromatic nitrogens is 2. The highest BCUT2D eigenvalue weighted by Crippen LogP contribution is 2.26. The number of aryl methyl sites for hydroxylation is 1. The van der Waals surface area contributed by atoms with E-state index in [9.17, 15) is 8.42 Å². The van der Waals surface area contributed by atoms with Crippen LogP contribution in [0.3, 0.4) is 0 Å². The predicted octanol–water partition coefficient (Wildman–Crippen LogP) is 3.24. The van der Waals surface area contributed by atoms with E-state index in [0.29, 0.717) is 5.75 Å². The molecule has 0 aliphatic heterocycles. The second-order valence-corrected chi connectivity index (χ2v) is 8.57. The predicted molar refractivity (Wildman–Crippen MR) is 107 cm³/mol. The van der Waals surface area contributed by atoms with E-state index in [1.165, 1.54) is 17.8 Å². The van der Waals surface area contributed by atoms with Crippen LogP contribution in [0.25, 0.3) is 5.69 Å². The number of hydrogen-bond acceptors (Lipinski definition) is 4. The third kappa shape index (κ3) is 3.68. The van der Waals surface area contributed by atoms with Gasteiger partial charge in [0.1, 0.15) is 11.6 Å². The highest BCUT2D eigenvalue weighted by molar-refractivity contribution is 7.89. The number of fused-ring (bicyclic) bond motifs is 1. The van der Waals surface area contributed by atoms with E-state index in [2.05, 4.69) is 9.29 Å². The van der Waals surface area contributed by atoms with Gasteiger partial charge in [-0.05, 0) is 62.1 Å². The van der Waals surface area contributed by atoms with E-state index < -0.39 is 10.0 Å². The molecule has 0 atom stereocenters. The molecule has 6 nitrogen and oxygen atoms in total. The van der Waals surface area contributed by atoms with Crippen LogP contribution < -0.4 is 9.46 Å². The van der Waals surface area contributed by atoms with Crippen molar-refractivity contribution in [1.29, 1.82) is 0 Å². The number of hydrogen-bond donors (Lipinski definition) is 1. The quantitative estimate of drug-likeness (QED) is 0.693. The second-order valence-electron chi connectivity index (χ2n) is 6.80. The minimum Gasteiger partial charge on any atom is -0.497 e. The lowest BCUT2D eigenvalue weighted by atomic mass is 10.0. The van der Waals surface area contributed by atoms with E-state index in [4.69, 9.17) is 9.72 Å². The topological polar surface area (TPSA) is 73.2 Å². The van der Waals surface area contributed by atoms with Crippen molar-refractivity contribution in [1.82, 2.24) is 14.3 Å². The Hall–Kier alpha value is -2.64. The van der Waals surface area contributed by atoms with Gasteiger partial charge in [-0.2, -0.15) is 0 Å². The molecule has 146 valence electrons. The number of para-hydroxylation sites is 1. The number of benzene rings is 2. The normalized spacial score (nSPS) is 13.9. The fourth-order valence-electron chi connectivity index (χ4n) is 3.59. The molecule has 0 bridgehead atoms. The van der Waals surface area contributed by atoms with Crippen molar-refractivity contribution in [3.63, 3.8) is 0 Å². The standard InChI is InChI=1S/C21H23N3O3S/c1-27-17-11-13-18(14-12-17)28(25,26)22-15-21-23-19-9-5-6-10-20(19)24(21)16-7-3-2-4-8-16/h2-4,7-8,11-14,22H,5-6,9-10,15H2,1H3. The molecule has 0 fully saturated rings. The Morgan fingerprint density at radius 3 is 2.46 bits per heavy atom. The van der Waals surface area contributed by atoms with Crippen LogP contribution in [0.1, 0.15) is 30.1 Å². The number of imidazole rings is 1. The molecule has 0 spiro atoms. The van der Waals surface area contributed by atoms with Gasteiger partial charge in [0.15, 0.2) is 0 Å². The van der Waals surface area contributed by atoms with Crippen LogP contribution in [0.15, 0.2) is 59.5 Å². The van der Waals surface area contributed by atoms with E-state index in [-0.39, 0.29) is 11.4 Å². The monoisotopic (exact) mass is 397 g/mol. The highest BCUT2D eigenvalue weighted by atomic mass is 32.2. The first kappa shape index (κ1) is 18.7. The summed E-state index contributed by atoms with van der Waals surface area (Å²) in [6, 6.07) is 16.3. The average molecular weight is 398 g/mol. The summed E-state index contributed by atoms with van der Waals surface area (Å²) in [4.78, 5) is 4.97. The van der Waals surface area contributed by atoms with E-state index in [0.717, 1.165) is 42.9 Å². The molecule has 1 aromatic heterocycles. The maximum atomic E-state index is 12.7. The molecular formula is C21H23N3O3S. The number of methoxy groups -OCH3 is 1. The fraction of sp³-hybridized carbons (Fsp3) is 0.286. The van der Waals surface area contributed by atoms with Crippen LogP contribution in [0.4, 0.5) is 0 Å². The lowest BCUT2D eigenvalue weighted by Gasteiger charge is -2.15. The van der Waals surface area contributed by atoms with Crippen molar-refractivity contribution >= 4 is 10.0 Å². The van der Waals surface area contributed by atoms with Crippen molar-refractivity contribution in [3.8, 4) is 11.4 Å². The highest BCUT2D eigenvalue weighted by Gasteiger charge is 2.22. The van der Waals surface area contributed by atoms with Gasteiger partial charge in [0.05, 0.1) is 24.2 Å². The zero-order chi connectivity index (χ0) is 19.6. The van der Waals surface area contributed by atoms with Crippen molar-refractivity contribution in [3.05, 3.63) is 71.8 Å². The van der Waals surface area contributed by atoms with Crippen LogP contribution in [0.2, 0.25) is 0 Å². The first-order valence-electron chi connectivity index (χ1n) is 9.37. The van der Waals surface area contributed by atoms with Gasteiger partial charge >= 0.3 is 0 Å². The van der Waals surface area contributed by atoms with Gasteiger partial charge in [-0.15, -0.1) is 0 Å². The summed E-state index contributed by atoms with van der Waals surface area (Å²) in [5.74, 6) is 1.33. The third-order valence-electron chi connectivity index (χ3n) is 5.01. The van der Waals surface area contributed by atoms with E-state index >= 15 is 0 Å². The molecule has 28 heavy (non-hydrogen) atoms. The molecule has 0 radical (unpaired) electrons. The zero-order valence-electron chi connectivity index (χ0n) is 15.8. The first-order valence-corrected chi connectivity index (χ1v) is 10.9. The molecule has 7 heteroatoms. The number of sulfonamides is 1. The van der Waals surface area contributed by atoms with Gasteiger partial charge in [0.2, 0.25) is 10.0 Å². The number of ether oxygens (including phenoxy) is 1. The summed E-state index contributed by atoms with van der Waals surface area (Å²) < 4.78 is 35.3. The summed E-state index contributed by atoms with van der Waals surface area (Å²) in [7, 11) is -2.09. The van der Waals surface area contributed by atoms with Crippen LogP contribution in [-0.2, 0) is 29.4 Å². The maximum absolute atomic E-state index is 12.7. The molecule has 1 aliphatic rings. The first-order chi connectivity index (χ1) is 13.6. The van der Waals surface area contributed by atoms with Gasteiger partial charge in [-0.1, -0.05) is 18.2 Å². The Labute approximate surface area is 165 Å². The Morgan fingerprint density at radius 2 is 1.75 bits per heavy atom. The molecule has 1 heterocycles. The minimum absolute atomic E-state index is 0.135. The Kier molecular flexibility index (Phi) is 5.19. The lowest BCUT2D eigenvalue weighted by Crippen LogP contribution is -2.25. The van der Waals surface area contributed by atoms with Crippen LogP contribution in [0.5, 0.6) is 5.75 Å². The summed E-state index contributed by atoms with van der Waals surface area (Å²) in [6.07, 6.45) is 4.15. The van der Waals surface area contributed by atoms with Crippen molar-refractivity contribution < 1.29 is 13.2 Å². The lowest BCUT2D eigenvalue weighted by molar-refractivity contribution is 0.414. The Bertz CT molecular complexity index is 1060. The molecule has 3 aromatic rings. The molecule has 0 saturated carbocycles. The minimum atomic E-state index is -3.64. The molecule has 2 aromatic carbocycles. The Balaban J connectivity index is 1.63. The molecule has 0 amide bonds. The van der Waals surface area contributed by atoms with Crippen LogP contribution in [-0.4, -0.2) is 25.1 Å². The SMILES string of the molecule is COc1ccc(S(=O)(=O)NCc2nc3c(n2-c2ccccc2)CCCC3)cc1. The summed E-state index contributed by atoms with van der Waals surface area (Å²) in [6.45, 7) is 0.135. The van der Waals surface area contributed by atoms with Crippen molar-refractivity contribution in [2.24, 2.45) is 0 Å². The third-order valence-corrected chi connectivity index (χ3v) is 6.42. The van der Waals surface area contributed by atoms with Crippen molar-refractivity contribution in [2.75, 3.05) is 7.11 Å². The largest absolute Gasteiger partial charge is 0.497 e. The van der Waals surface area contributed by atoms with Gasteiger partial charge in [-0.25, -0.2) is 18.1 Å². The summed E-state index contributed by atoms with van der Waals surface area (Å²) >= 11 is 0. The molecule has 4 rings (SSSR count). The number of nitrogens with zero attached hydrogens (tertiary/aromatic N) is 2.